The lowest BCUT2D eigenvalue weighted by Crippen LogP contribution is -2.03. The van der Waals surface area contributed by atoms with E-state index in [1.54, 1.807) is 17.5 Å². The number of rotatable bonds is 3. The zero-order valence-electron chi connectivity index (χ0n) is 10.6. The number of aromatic nitrogens is 2. The van der Waals surface area contributed by atoms with Gasteiger partial charge in [-0.05, 0) is 31.2 Å². The Morgan fingerprint density at radius 1 is 1.32 bits per heavy atom. The van der Waals surface area contributed by atoms with Gasteiger partial charge in [-0.1, -0.05) is 0 Å². The molecule has 0 saturated carbocycles. The van der Waals surface area contributed by atoms with Crippen LogP contribution >= 0.6 is 11.3 Å². The summed E-state index contributed by atoms with van der Waals surface area (Å²) in [6, 6.07) is 7.81. The Morgan fingerprint density at radius 2 is 2.21 bits per heavy atom. The number of aryl methyl sites for hydroxylation is 1. The molecule has 3 rings (SSSR count). The van der Waals surface area contributed by atoms with Gasteiger partial charge in [-0.3, -0.25) is 4.98 Å². The van der Waals surface area contributed by atoms with E-state index < -0.39 is 0 Å². The number of thiazole rings is 1. The number of nitrogens with one attached hydrogen (secondary N) is 1. The number of nitrogens with zero attached hydrogens (tertiary/aromatic N) is 2. The number of benzene rings is 1. The van der Waals surface area contributed by atoms with Crippen molar-refractivity contribution in [1.29, 1.82) is 0 Å². The largest absolute Gasteiger partial charge is 0.397 e. The summed E-state index contributed by atoms with van der Waals surface area (Å²) in [4.78, 5) is 8.71. The number of anilines is 2. The van der Waals surface area contributed by atoms with Crippen LogP contribution in [0.1, 0.15) is 10.7 Å². The van der Waals surface area contributed by atoms with Crippen molar-refractivity contribution in [3.05, 3.63) is 46.5 Å². The molecule has 5 heteroatoms. The Balaban J connectivity index is 1.87. The highest BCUT2D eigenvalue weighted by atomic mass is 32.1. The van der Waals surface area contributed by atoms with Crippen molar-refractivity contribution < 1.29 is 0 Å². The van der Waals surface area contributed by atoms with Gasteiger partial charge in [-0.2, -0.15) is 0 Å². The maximum atomic E-state index is 6.17. The number of nitrogens with two attached hydrogens (primary N) is 1. The lowest BCUT2D eigenvalue weighted by molar-refractivity contribution is 1.06. The predicted molar refractivity (Wildman–Crippen MR) is 80.3 cm³/mol. The zero-order valence-corrected chi connectivity index (χ0v) is 11.4. The molecular weight excluding hydrogens is 256 g/mol. The fraction of sp³-hybridized carbons (Fsp3) is 0.143. The SMILES string of the molecule is Cc1nc(CNc2ccc3ncccc3c2N)cs1. The van der Waals surface area contributed by atoms with Gasteiger partial charge in [0, 0.05) is 17.0 Å². The lowest BCUT2D eigenvalue weighted by atomic mass is 10.1. The Hall–Kier alpha value is -2.14. The molecule has 0 aliphatic rings. The molecule has 19 heavy (non-hydrogen) atoms. The van der Waals surface area contributed by atoms with Crippen LogP contribution in [0.2, 0.25) is 0 Å². The van der Waals surface area contributed by atoms with E-state index in [0.29, 0.717) is 6.54 Å². The number of pyridine rings is 1. The minimum Gasteiger partial charge on any atom is -0.397 e. The molecule has 0 radical (unpaired) electrons. The van der Waals surface area contributed by atoms with Crippen LogP contribution in [0.3, 0.4) is 0 Å². The van der Waals surface area contributed by atoms with Crippen LogP contribution in [0.4, 0.5) is 11.4 Å². The van der Waals surface area contributed by atoms with Gasteiger partial charge in [0.2, 0.25) is 0 Å². The smallest absolute Gasteiger partial charge is 0.0898 e. The minimum atomic E-state index is 0.681. The highest BCUT2D eigenvalue weighted by Crippen LogP contribution is 2.27. The van der Waals surface area contributed by atoms with E-state index in [2.05, 4.69) is 20.7 Å². The van der Waals surface area contributed by atoms with Gasteiger partial charge >= 0.3 is 0 Å². The first-order valence-corrected chi connectivity index (χ1v) is 6.90. The van der Waals surface area contributed by atoms with Crippen molar-refractivity contribution in [2.24, 2.45) is 0 Å². The van der Waals surface area contributed by atoms with E-state index in [4.69, 9.17) is 5.73 Å². The predicted octanol–water partition coefficient (Wildman–Crippen LogP) is 3.19. The van der Waals surface area contributed by atoms with E-state index in [1.165, 1.54) is 0 Å². The standard InChI is InChI=1S/C14H14N4S/c1-9-18-10(8-19-9)7-17-13-5-4-12-11(14(13)15)3-2-6-16-12/h2-6,8,17H,7,15H2,1H3. The van der Waals surface area contributed by atoms with Crippen molar-refractivity contribution in [2.75, 3.05) is 11.1 Å². The molecule has 0 fully saturated rings. The van der Waals surface area contributed by atoms with E-state index in [-0.39, 0.29) is 0 Å². The van der Waals surface area contributed by atoms with E-state index in [1.807, 2.05) is 31.2 Å². The third kappa shape index (κ3) is 2.37. The molecule has 1 aromatic carbocycles. The molecule has 0 aliphatic carbocycles. The summed E-state index contributed by atoms with van der Waals surface area (Å²) >= 11 is 1.65. The van der Waals surface area contributed by atoms with Crippen LogP contribution in [0, 0.1) is 6.92 Å². The van der Waals surface area contributed by atoms with Gasteiger partial charge in [0.05, 0.1) is 34.1 Å². The number of hydrogen-bond acceptors (Lipinski definition) is 5. The van der Waals surface area contributed by atoms with Gasteiger partial charge in [0.25, 0.3) is 0 Å². The third-order valence-electron chi connectivity index (χ3n) is 2.95. The second-order valence-electron chi connectivity index (χ2n) is 4.31. The van der Waals surface area contributed by atoms with E-state index >= 15 is 0 Å². The normalized spacial score (nSPS) is 10.8. The summed E-state index contributed by atoms with van der Waals surface area (Å²) in [6.45, 7) is 2.69. The van der Waals surface area contributed by atoms with Crippen molar-refractivity contribution in [3.8, 4) is 0 Å². The third-order valence-corrected chi connectivity index (χ3v) is 3.78. The summed E-state index contributed by atoms with van der Waals surface area (Å²) in [5.41, 5.74) is 9.77. The van der Waals surface area contributed by atoms with Crippen LogP contribution in [-0.2, 0) is 6.54 Å². The quantitative estimate of drug-likeness (QED) is 0.717. The highest BCUT2D eigenvalue weighted by molar-refractivity contribution is 7.09. The van der Waals surface area contributed by atoms with Crippen molar-refractivity contribution in [3.63, 3.8) is 0 Å². The molecule has 3 N–H and O–H groups in total. The molecule has 0 bridgehead atoms. The molecule has 0 amide bonds. The van der Waals surface area contributed by atoms with Crippen LogP contribution in [-0.4, -0.2) is 9.97 Å². The second-order valence-corrected chi connectivity index (χ2v) is 5.37. The van der Waals surface area contributed by atoms with Crippen LogP contribution in [0.5, 0.6) is 0 Å². The van der Waals surface area contributed by atoms with Crippen molar-refractivity contribution >= 4 is 33.6 Å². The van der Waals surface area contributed by atoms with Crippen LogP contribution in [0.25, 0.3) is 10.9 Å². The Labute approximate surface area is 115 Å². The Bertz CT molecular complexity index is 720. The summed E-state index contributed by atoms with van der Waals surface area (Å²) in [7, 11) is 0. The molecule has 96 valence electrons. The highest BCUT2D eigenvalue weighted by Gasteiger charge is 2.05. The van der Waals surface area contributed by atoms with Gasteiger partial charge in [-0.25, -0.2) is 4.98 Å². The molecular formula is C14H14N4S. The first-order chi connectivity index (χ1) is 9.24. The molecule has 2 aromatic heterocycles. The second kappa shape index (κ2) is 4.85. The maximum absolute atomic E-state index is 6.17. The van der Waals surface area contributed by atoms with Gasteiger partial charge < -0.3 is 11.1 Å². The maximum Gasteiger partial charge on any atom is 0.0898 e. The number of nitrogen functional groups attached to an aromatic ring is 1. The molecule has 0 aliphatic heterocycles. The zero-order chi connectivity index (χ0) is 13.2. The van der Waals surface area contributed by atoms with Crippen LogP contribution < -0.4 is 11.1 Å². The molecule has 4 nitrogen and oxygen atoms in total. The first kappa shape index (κ1) is 11.9. The molecule has 0 spiro atoms. The van der Waals surface area contributed by atoms with E-state index in [0.717, 1.165) is 33.0 Å². The van der Waals surface area contributed by atoms with E-state index in [9.17, 15) is 0 Å². The number of fused-ring (bicyclic) bond motifs is 1. The Kier molecular flexibility index (Phi) is 3.05. The van der Waals surface area contributed by atoms with Gasteiger partial charge in [0.1, 0.15) is 0 Å². The minimum absolute atomic E-state index is 0.681. The molecule has 0 atom stereocenters. The summed E-state index contributed by atoms with van der Waals surface area (Å²) in [5, 5.41) is 7.43. The topological polar surface area (TPSA) is 63.8 Å². The average molecular weight is 270 g/mol. The molecule has 0 unspecified atom stereocenters. The monoisotopic (exact) mass is 270 g/mol. The van der Waals surface area contributed by atoms with Crippen molar-refractivity contribution in [2.45, 2.75) is 13.5 Å². The van der Waals surface area contributed by atoms with Gasteiger partial charge in [0.15, 0.2) is 0 Å². The Morgan fingerprint density at radius 3 is 3.00 bits per heavy atom. The average Bonchev–Trinajstić information content (AvgIpc) is 2.84. The fourth-order valence-corrected chi connectivity index (χ4v) is 2.62. The van der Waals surface area contributed by atoms with Gasteiger partial charge in [-0.15, -0.1) is 11.3 Å². The van der Waals surface area contributed by atoms with Crippen molar-refractivity contribution in [1.82, 2.24) is 9.97 Å². The number of hydrogen-bond donors (Lipinski definition) is 2. The summed E-state index contributed by atoms with van der Waals surface area (Å²) in [5.74, 6) is 0. The summed E-state index contributed by atoms with van der Waals surface area (Å²) < 4.78 is 0. The molecule has 0 saturated heterocycles. The lowest BCUT2D eigenvalue weighted by Gasteiger charge is -2.10. The van der Waals surface area contributed by atoms with Crippen LogP contribution in [0.15, 0.2) is 35.8 Å². The molecule has 3 aromatic rings. The molecule has 2 heterocycles. The summed E-state index contributed by atoms with van der Waals surface area (Å²) in [6.07, 6.45) is 1.77. The fourth-order valence-electron chi connectivity index (χ4n) is 2.00. The first-order valence-electron chi connectivity index (χ1n) is 6.02.